The maximum Gasteiger partial charge on any atom is 0.223 e. The van der Waals surface area contributed by atoms with Crippen molar-refractivity contribution in [2.24, 2.45) is 13.0 Å². The molecule has 3 aromatic rings. The summed E-state index contributed by atoms with van der Waals surface area (Å²) in [6.45, 7) is 8.35. The molecular formula is C19H25N7. The highest BCUT2D eigenvalue weighted by Gasteiger charge is 2.19. The Morgan fingerprint density at radius 3 is 2.54 bits per heavy atom. The molecule has 3 rings (SSSR count). The third-order valence-electron chi connectivity index (χ3n) is 4.23. The lowest BCUT2D eigenvalue weighted by atomic mass is 10.0. The zero-order valence-corrected chi connectivity index (χ0v) is 15.9. The average molecular weight is 351 g/mol. The van der Waals surface area contributed by atoms with Gasteiger partial charge in [-0.2, -0.15) is 5.10 Å². The minimum Gasteiger partial charge on any atom is -0.344 e. The predicted molar refractivity (Wildman–Crippen MR) is 102 cm³/mol. The molecule has 0 aliphatic carbocycles. The summed E-state index contributed by atoms with van der Waals surface area (Å²) in [5, 5.41) is 7.62. The van der Waals surface area contributed by atoms with Crippen LogP contribution in [0.1, 0.15) is 43.5 Å². The Bertz CT molecular complexity index is 885. The van der Waals surface area contributed by atoms with Crippen molar-refractivity contribution in [1.82, 2.24) is 29.7 Å². The van der Waals surface area contributed by atoms with Gasteiger partial charge in [0.25, 0.3) is 0 Å². The number of hydrogen-bond acceptors (Lipinski definition) is 6. The fourth-order valence-electron chi connectivity index (χ4n) is 3.01. The van der Waals surface area contributed by atoms with Crippen LogP contribution in [0.5, 0.6) is 0 Å². The second kappa shape index (κ2) is 7.59. The summed E-state index contributed by atoms with van der Waals surface area (Å²) in [6.07, 6.45) is 4.25. The Hall–Kier alpha value is -2.83. The van der Waals surface area contributed by atoms with Crippen LogP contribution in [0.15, 0.2) is 30.7 Å². The van der Waals surface area contributed by atoms with Crippen LogP contribution in [0, 0.1) is 19.8 Å². The topological polar surface area (TPSA) is 81.4 Å². The monoisotopic (exact) mass is 351 g/mol. The van der Waals surface area contributed by atoms with Gasteiger partial charge in [-0.1, -0.05) is 13.8 Å². The first kappa shape index (κ1) is 18.0. The van der Waals surface area contributed by atoms with Crippen molar-refractivity contribution < 1.29 is 0 Å². The Morgan fingerprint density at radius 2 is 1.88 bits per heavy atom. The molecule has 0 aromatic carbocycles. The van der Waals surface area contributed by atoms with Crippen molar-refractivity contribution in [1.29, 1.82) is 0 Å². The zero-order chi connectivity index (χ0) is 18.7. The molecule has 0 amide bonds. The fraction of sp³-hybridized carbons (Fsp3) is 0.421. The van der Waals surface area contributed by atoms with Crippen molar-refractivity contribution in [3.8, 4) is 11.3 Å². The molecule has 0 fully saturated rings. The molecule has 26 heavy (non-hydrogen) atoms. The van der Waals surface area contributed by atoms with Crippen molar-refractivity contribution in [3.63, 3.8) is 0 Å². The second-order valence-corrected chi connectivity index (χ2v) is 6.92. The molecule has 136 valence electrons. The summed E-state index contributed by atoms with van der Waals surface area (Å²) in [5.74, 6) is 1.95. The smallest absolute Gasteiger partial charge is 0.223 e. The fourth-order valence-corrected chi connectivity index (χ4v) is 3.01. The third-order valence-corrected chi connectivity index (χ3v) is 4.23. The number of aromatic nitrogens is 6. The third kappa shape index (κ3) is 4.04. The van der Waals surface area contributed by atoms with Gasteiger partial charge in [-0.15, -0.1) is 0 Å². The highest BCUT2D eigenvalue weighted by Crippen LogP contribution is 2.25. The molecule has 0 radical (unpaired) electrons. The minimum atomic E-state index is -0.00464. The van der Waals surface area contributed by atoms with Gasteiger partial charge in [0.05, 0.1) is 11.7 Å². The van der Waals surface area contributed by atoms with Crippen molar-refractivity contribution in [2.75, 3.05) is 5.32 Å². The lowest BCUT2D eigenvalue weighted by Crippen LogP contribution is -2.19. The maximum absolute atomic E-state index is 4.70. The number of rotatable bonds is 6. The first-order chi connectivity index (χ1) is 12.4. The van der Waals surface area contributed by atoms with E-state index in [1.807, 2.05) is 33.0 Å². The number of pyridine rings is 1. The summed E-state index contributed by atoms with van der Waals surface area (Å²) in [5.41, 5.74) is 3.83. The molecule has 7 nitrogen and oxygen atoms in total. The van der Waals surface area contributed by atoms with Crippen molar-refractivity contribution in [3.05, 3.63) is 47.9 Å². The Morgan fingerprint density at radius 1 is 1.08 bits per heavy atom. The van der Waals surface area contributed by atoms with E-state index >= 15 is 0 Å². The van der Waals surface area contributed by atoms with E-state index in [4.69, 9.17) is 4.98 Å². The SMILES string of the molecule is Cc1ccc(-c2ccnc(NC(CC(C)C)c3ncnn3C)n2)c(C)n1. The molecule has 0 aliphatic heterocycles. The van der Waals surface area contributed by atoms with Gasteiger partial charge in [-0.3, -0.25) is 9.67 Å². The van der Waals surface area contributed by atoms with Gasteiger partial charge in [0.15, 0.2) is 0 Å². The summed E-state index contributed by atoms with van der Waals surface area (Å²) >= 11 is 0. The second-order valence-electron chi connectivity index (χ2n) is 6.92. The summed E-state index contributed by atoms with van der Waals surface area (Å²) in [4.78, 5) is 18.0. The summed E-state index contributed by atoms with van der Waals surface area (Å²) in [7, 11) is 1.90. The van der Waals surface area contributed by atoms with Crippen LogP contribution < -0.4 is 5.32 Å². The average Bonchev–Trinajstić information content (AvgIpc) is 3.00. The van der Waals surface area contributed by atoms with Crippen LogP contribution in [0.25, 0.3) is 11.3 Å². The molecule has 3 heterocycles. The van der Waals surface area contributed by atoms with E-state index in [0.717, 1.165) is 34.9 Å². The highest BCUT2D eigenvalue weighted by molar-refractivity contribution is 5.62. The van der Waals surface area contributed by atoms with E-state index in [-0.39, 0.29) is 6.04 Å². The van der Waals surface area contributed by atoms with Crippen molar-refractivity contribution >= 4 is 5.95 Å². The predicted octanol–water partition coefficient (Wildman–Crippen LogP) is 3.48. The lowest BCUT2D eigenvalue weighted by Gasteiger charge is -2.20. The van der Waals surface area contributed by atoms with E-state index in [1.165, 1.54) is 0 Å². The standard InChI is InChI=1S/C19H25N7/c1-12(2)10-17(18-21-11-22-26(18)5)25-19-20-9-8-16(24-19)15-7-6-13(3)23-14(15)4/h6-9,11-12,17H,10H2,1-5H3,(H,20,24,25). The van der Waals surface area contributed by atoms with Gasteiger partial charge in [0.1, 0.15) is 12.2 Å². The molecule has 0 saturated carbocycles. The Balaban J connectivity index is 1.90. The summed E-state index contributed by atoms with van der Waals surface area (Å²) in [6, 6.07) is 5.95. The van der Waals surface area contributed by atoms with Crippen LogP contribution in [-0.4, -0.2) is 29.7 Å². The van der Waals surface area contributed by atoms with Crippen molar-refractivity contribution in [2.45, 2.75) is 40.2 Å². The van der Waals surface area contributed by atoms with Crippen LogP contribution in [-0.2, 0) is 7.05 Å². The van der Waals surface area contributed by atoms with Gasteiger partial charge in [0, 0.05) is 30.2 Å². The quantitative estimate of drug-likeness (QED) is 0.732. The van der Waals surface area contributed by atoms with Gasteiger partial charge in [0.2, 0.25) is 5.95 Å². The van der Waals surface area contributed by atoms with Gasteiger partial charge in [-0.05, 0) is 44.4 Å². The number of anilines is 1. The number of nitrogens with one attached hydrogen (secondary N) is 1. The molecule has 0 spiro atoms. The van der Waals surface area contributed by atoms with Crippen LogP contribution in [0.2, 0.25) is 0 Å². The zero-order valence-electron chi connectivity index (χ0n) is 15.9. The first-order valence-corrected chi connectivity index (χ1v) is 8.82. The Labute approximate surface area is 154 Å². The maximum atomic E-state index is 4.70. The van der Waals surface area contributed by atoms with Crippen LogP contribution in [0.3, 0.4) is 0 Å². The lowest BCUT2D eigenvalue weighted by molar-refractivity contribution is 0.496. The van der Waals surface area contributed by atoms with Crippen LogP contribution in [0.4, 0.5) is 5.95 Å². The van der Waals surface area contributed by atoms with E-state index in [1.54, 1.807) is 17.2 Å². The summed E-state index contributed by atoms with van der Waals surface area (Å²) < 4.78 is 1.79. The number of hydrogen-bond donors (Lipinski definition) is 1. The van der Waals surface area contributed by atoms with E-state index in [9.17, 15) is 0 Å². The molecule has 0 bridgehead atoms. The molecule has 1 N–H and O–H groups in total. The molecule has 0 aliphatic rings. The molecule has 3 aromatic heterocycles. The molecule has 7 heteroatoms. The van der Waals surface area contributed by atoms with E-state index in [2.05, 4.69) is 45.3 Å². The Kier molecular flexibility index (Phi) is 5.25. The van der Waals surface area contributed by atoms with Gasteiger partial charge >= 0.3 is 0 Å². The normalized spacial score (nSPS) is 12.4. The van der Waals surface area contributed by atoms with E-state index < -0.39 is 0 Å². The molecule has 1 atom stereocenters. The largest absolute Gasteiger partial charge is 0.344 e. The van der Waals surface area contributed by atoms with E-state index in [0.29, 0.717) is 11.9 Å². The molecule has 1 unspecified atom stereocenters. The number of nitrogens with zero attached hydrogens (tertiary/aromatic N) is 6. The van der Waals surface area contributed by atoms with Gasteiger partial charge in [-0.25, -0.2) is 15.0 Å². The highest BCUT2D eigenvalue weighted by atomic mass is 15.3. The number of aryl methyl sites for hydroxylation is 3. The van der Waals surface area contributed by atoms with Crippen LogP contribution >= 0.6 is 0 Å². The molecule has 0 saturated heterocycles. The molecular weight excluding hydrogens is 326 g/mol. The van der Waals surface area contributed by atoms with Gasteiger partial charge < -0.3 is 5.32 Å². The minimum absolute atomic E-state index is 0.00464. The first-order valence-electron chi connectivity index (χ1n) is 8.82.